The molecule has 0 radical (unpaired) electrons. The monoisotopic (exact) mass is 395 g/mol. The number of fused-ring (bicyclic) bond motifs is 1. The predicted molar refractivity (Wildman–Crippen MR) is 108 cm³/mol. The lowest BCUT2D eigenvalue weighted by Crippen LogP contribution is -2.27. The van der Waals surface area contributed by atoms with E-state index in [1.165, 1.54) is 25.2 Å². The van der Waals surface area contributed by atoms with Crippen LogP contribution in [0.3, 0.4) is 0 Å². The molecule has 1 saturated carbocycles. The minimum atomic E-state index is -0.508. The Morgan fingerprint density at radius 3 is 3.03 bits per heavy atom. The van der Waals surface area contributed by atoms with Gasteiger partial charge in [0.1, 0.15) is 6.67 Å². The standard InChI is InChI=1S/C22H22FN3O3/c23-8-9-24-12-18(22-21(28)20(27)7-10-29-22)14-26-19-6-5-16(4-3-15-1-2-15)11-17(19)13-25-26/h5-7,10-11,13,15,18,24,28H,1-2,8-9,12,14H2. The maximum absolute atomic E-state index is 12.5. The van der Waals surface area contributed by atoms with E-state index in [1.807, 2.05) is 18.2 Å². The van der Waals surface area contributed by atoms with Crippen molar-refractivity contribution in [2.24, 2.45) is 5.92 Å². The Morgan fingerprint density at radius 1 is 1.38 bits per heavy atom. The van der Waals surface area contributed by atoms with Crippen LogP contribution in [0.25, 0.3) is 10.9 Å². The largest absolute Gasteiger partial charge is 0.502 e. The van der Waals surface area contributed by atoms with Gasteiger partial charge in [0, 0.05) is 36.0 Å². The first-order valence-corrected chi connectivity index (χ1v) is 9.70. The molecule has 7 heteroatoms. The number of hydrogen-bond acceptors (Lipinski definition) is 5. The molecule has 0 amide bonds. The van der Waals surface area contributed by atoms with Gasteiger partial charge in [0.25, 0.3) is 0 Å². The summed E-state index contributed by atoms with van der Waals surface area (Å²) >= 11 is 0. The summed E-state index contributed by atoms with van der Waals surface area (Å²) in [5.74, 6) is 6.35. The zero-order chi connectivity index (χ0) is 20.2. The van der Waals surface area contributed by atoms with Crippen LogP contribution in [-0.2, 0) is 6.54 Å². The molecular weight excluding hydrogens is 373 g/mol. The first kappa shape index (κ1) is 19.2. The molecular formula is C22H22FN3O3. The summed E-state index contributed by atoms with van der Waals surface area (Å²) in [7, 11) is 0. The second-order valence-electron chi connectivity index (χ2n) is 7.23. The van der Waals surface area contributed by atoms with Crippen molar-refractivity contribution in [3.05, 3.63) is 58.3 Å². The summed E-state index contributed by atoms with van der Waals surface area (Å²) in [6.07, 6.45) is 5.40. The van der Waals surface area contributed by atoms with E-state index < -0.39 is 23.8 Å². The molecule has 0 bridgehead atoms. The Hall–Kier alpha value is -3.11. The predicted octanol–water partition coefficient (Wildman–Crippen LogP) is 2.80. The van der Waals surface area contributed by atoms with Gasteiger partial charge in [-0.2, -0.15) is 5.10 Å². The van der Waals surface area contributed by atoms with Crippen molar-refractivity contribution in [1.29, 1.82) is 0 Å². The number of nitrogens with zero attached hydrogens (tertiary/aromatic N) is 2. The lowest BCUT2D eigenvalue weighted by atomic mass is 10.0. The zero-order valence-corrected chi connectivity index (χ0v) is 15.9. The van der Waals surface area contributed by atoms with Crippen LogP contribution in [0.5, 0.6) is 5.75 Å². The van der Waals surface area contributed by atoms with Crippen molar-refractivity contribution in [2.45, 2.75) is 25.3 Å². The van der Waals surface area contributed by atoms with E-state index >= 15 is 0 Å². The van der Waals surface area contributed by atoms with Gasteiger partial charge in [0.05, 0.1) is 30.4 Å². The quantitative estimate of drug-likeness (QED) is 0.475. The van der Waals surface area contributed by atoms with Gasteiger partial charge in [-0.15, -0.1) is 0 Å². The number of aromatic hydroxyl groups is 1. The summed E-state index contributed by atoms with van der Waals surface area (Å²) in [5, 5.41) is 18.5. The molecule has 2 aromatic heterocycles. The average molecular weight is 395 g/mol. The lowest BCUT2D eigenvalue weighted by molar-refractivity contribution is 0.346. The maximum atomic E-state index is 12.5. The van der Waals surface area contributed by atoms with Gasteiger partial charge in [0.2, 0.25) is 11.2 Å². The van der Waals surface area contributed by atoms with E-state index in [2.05, 4.69) is 22.3 Å². The fourth-order valence-corrected chi connectivity index (χ4v) is 3.23. The van der Waals surface area contributed by atoms with Crippen molar-refractivity contribution >= 4 is 10.9 Å². The Balaban J connectivity index is 1.61. The van der Waals surface area contributed by atoms with Gasteiger partial charge in [-0.25, -0.2) is 4.39 Å². The van der Waals surface area contributed by atoms with Gasteiger partial charge < -0.3 is 14.8 Å². The van der Waals surface area contributed by atoms with Crippen molar-refractivity contribution in [2.75, 3.05) is 19.8 Å². The highest BCUT2D eigenvalue weighted by Gasteiger charge is 2.22. The number of rotatable bonds is 7. The summed E-state index contributed by atoms with van der Waals surface area (Å²) in [5.41, 5.74) is 1.36. The Morgan fingerprint density at radius 2 is 2.24 bits per heavy atom. The van der Waals surface area contributed by atoms with Crippen LogP contribution in [0, 0.1) is 17.8 Å². The summed E-state index contributed by atoms with van der Waals surface area (Å²) < 4.78 is 19.7. The zero-order valence-electron chi connectivity index (χ0n) is 15.9. The second kappa shape index (κ2) is 8.50. The molecule has 4 rings (SSSR count). The molecule has 3 aromatic rings. The molecule has 2 N–H and O–H groups in total. The van der Waals surface area contributed by atoms with E-state index in [1.54, 1.807) is 10.9 Å². The van der Waals surface area contributed by atoms with Crippen molar-refractivity contribution in [1.82, 2.24) is 15.1 Å². The highest BCUT2D eigenvalue weighted by atomic mass is 19.1. The molecule has 150 valence electrons. The molecule has 1 aromatic carbocycles. The van der Waals surface area contributed by atoms with Crippen molar-refractivity contribution < 1.29 is 13.9 Å². The van der Waals surface area contributed by atoms with E-state index in [4.69, 9.17) is 4.42 Å². The molecule has 1 atom stereocenters. The molecule has 2 heterocycles. The van der Waals surface area contributed by atoms with Crippen LogP contribution in [0.4, 0.5) is 4.39 Å². The van der Waals surface area contributed by atoms with Crippen LogP contribution in [0.1, 0.15) is 30.1 Å². The number of aromatic nitrogens is 2. The fourth-order valence-electron chi connectivity index (χ4n) is 3.23. The summed E-state index contributed by atoms with van der Waals surface area (Å²) in [6, 6.07) is 7.10. The minimum Gasteiger partial charge on any atom is -0.502 e. The Bertz CT molecular complexity index is 1120. The number of benzene rings is 1. The topological polar surface area (TPSA) is 80.3 Å². The third kappa shape index (κ3) is 4.49. The van der Waals surface area contributed by atoms with Gasteiger partial charge in [-0.1, -0.05) is 11.8 Å². The summed E-state index contributed by atoms with van der Waals surface area (Å²) in [6.45, 7) is 0.358. The molecule has 6 nitrogen and oxygen atoms in total. The number of hydrogen-bond donors (Lipinski definition) is 2. The summed E-state index contributed by atoms with van der Waals surface area (Å²) in [4.78, 5) is 11.8. The molecule has 0 saturated heterocycles. The first-order valence-electron chi connectivity index (χ1n) is 9.70. The van der Waals surface area contributed by atoms with Crippen LogP contribution >= 0.6 is 0 Å². The first-order chi connectivity index (χ1) is 14.2. The van der Waals surface area contributed by atoms with Crippen LogP contribution in [0.2, 0.25) is 0 Å². The number of nitrogens with one attached hydrogen (secondary N) is 1. The molecule has 29 heavy (non-hydrogen) atoms. The van der Waals surface area contributed by atoms with Crippen LogP contribution in [-0.4, -0.2) is 34.7 Å². The van der Waals surface area contributed by atoms with E-state index in [9.17, 15) is 14.3 Å². The third-order valence-corrected chi connectivity index (χ3v) is 4.95. The Labute approximate surface area is 167 Å². The second-order valence-corrected chi connectivity index (χ2v) is 7.23. The van der Waals surface area contributed by atoms with Gasteiger partial charge in [-0.05, 0) is 31.0 Å². The molecule has 1 aliphatic carbocycles. The lowest BCUT2D eigenvalue weighted by Gasteiger charge is -2.18. The van der Waals surface area contributed by atoms with Gasteiger partial charge in [-0.3, -0.25) is 9.48 Å². The number of alkyl halides is 1. The molecule has 0 spiro atoms. The average Bonchev–Trinajstić information content (AvgIpc) is 3.48. The minimum absolute atomic E-state index is 0.166. The van der Waals surface area contributed by atoms with Gasteiger partial charge >= 0.3 is 0 Å². The highest BCUT2D eigenvalue weighted by molar-refractivity contribution is 5.80. The van der Waals surface area contributed by atoms with E-state index in [0.29, 0.717) is 19.0 Å². The normalized spacial score (nSPS) is 14.5. The Kier molecular flexibility index (Phi) is 5.63. The smallest absolute Gasteiger partial charge is 0.226 e. The maximum Gasteiger partial charge on any atom is 0.226 e. The molecule has 0 aliphatic heterocycles. The molecule has 1 unspecified atom stereocenters. The van der Waals surface area contributed by atoms with Crippen molar-refractivity contribution in [3.63, 3.8) is 0 Å². The van der Waals surface area contributed by atoms with E-state index in [-0.39, 0.29) is 12.3 Å². The van der Waals surface area contributed by atoms with E-state index in [0.717, 1.165) is 16.5 Å². The third-order valence-electron chi connectivity index (χ3n) is 4.95. The van der Waals surface area contributed by atoms with Crippen LogP contribution < -0.4 is 10.7 Å². The SMILES string of the molecule is O=c1ccoc(C(CNCCF)Cn2ncc3cc(C#CC4CC4)ccc32)c1O. The molecule has 1 fully saturated rings. The molecule has 1 aliphatic rings. The number of halogens is 1. The van der Waals surface area contributed by atoms with Gasteiger partial charge in [0.15, 0.2) is 5.76 Å². The highest BCUT2D eigenvalue weighted by Crippen LogP contribution is 2.28. The van der Waals surface area contributed by atoms with Crippen molar-refractivity contribution in [3.8, 4) is 17.6 Å². The fraction of sp³-hybridized carbons (Fsp3) is 0.364. The van der Waals surface area contributed by atoms with Crippen LogP contribution in [0.15, 0.2) is 45.9 Å².